The maximum absolute atomic E-state index is 13.9. The Bertz CT molecular complexity index is 1280. The number of aryl methyl sites for hydroxylation is 1. The van der Waals surface area contributed by atoms with Gasteiger partial charge in [-0.05, 0) is 48.6 Å². The van der Waals surface area contributed by atoms with Gasteiger partial charge in [-0.2, -0.15) is 13.2 Å². The quantitative estimate of drug-likeness (QED) is 0.301. The van der Waals surface area contributed by atoms with Gasteiger partial charge in [0.05, 0.1) is 11.5 Å². The molecule has 1 heterocycles. The first-order valence-corrected chi connectivity index (χ1v) is 11.7. The van der Waals surface area contributed by atoms with E-state index in [0.717, 1.165) is 17.5 Å². The molecular weight excluding hydrogens is 461 g/mol. The van der Waals surface area contributed by atoms with Gasteiger partial charge in [-0.3, -0.25) is 4.79 Å². The monoisotopic (exact) mass is 488 g/mol. The smallest absolute Gasteiger partial charge is 0.398 e. The molecule has 1 fully saturated rings. The first-order chi connectivity index (χ1) is 16.6. The molecule has 1 saturated carbocycles. The number of hydrogen-bond acceptors (Lipinski definition) is 5. The van der Waals surface area contributed by atoms with Crippen molar-refractivity contribution in [2.75, 3.05) is 0 Å². The molecule has 1 aliphatic carbocycles. The molecule has 0 aliphatic heterocycles. The fourth-order valence-electron chi connectivity index (χ4n) is 4.52. The third-order valence-corrected chi connectivity index (χ3v) is 6.34. The second-order valence-corrected chi connectivity index (χ2v) is 9.09. The molecule has 0 amide bonds. The highest BCUT2D eigenvalue weighted by molar-refractivity contribution is 5.83. The molecule has 3 unspecified atom stereocenters. The van der Waals surface area contributed by atoms with Crippen LogP contribution in [0.5, 0.6) is 5.75 Å². The van der Waals surface area contributed by atoms with Crippen LogP contribution in [-0.2, 0) is 16.0 Å². The molecule has 8 heteroatoms. The van der Waals surface area contributed by atoms with Crippen molar-refractivity contribution in [3.63, 3.8) is 0 Å². The van der Waals surface area contributed by atoms with Gasteiger partial charge in [0.1, 0.15) is 29.5 Å². The summed E-state index contributed by atoms with van der Waals surface area (Å²) in [5.74, 6) is -2.99. The first kappa shape index (κ1) is 24.8. The lowest BCUT2D eigenvalue weighted by molar-refractivity contribution is -0.216. The Morgan fingerprint density at radius 1 is 1.06 bits per heavy atom. The van der Waals surface area contributed by atoms with E-state index >= 15 is 0 Å². The van der Waals surface area contributed by atoms with E-state index in [1.165, 1.54) is 6.07 Å². The Kier molecular flexibility index (Phi) is 6.92. The van der Waals surface area contributed by atoms with Gasteiger partial charge in [0, 0.05) is 11.5 Å². The zero-order chi connectivity index (χ0) is 25.3. The molecule has 1 aliphatic rings. The van der Waals surface area contributed by atoms with Crippen LogP contribution < -0.4 is 10.4 Å². The third kappa shape index (κ3) is 5.21. The lowest BCUT2D eigenvalue weighted by Crippen LogP contribution is -2.41. The highest BCUT2D eigenvalue weighted by Gasteiger charge is 2.55. The zero-order valence-electron chi connectivity index (χ0n) is 19.7. The molecule has 1 aromatic heterocycles. The summed E-state index contributed by atoms with van der Waals surface area (Å²) in [4.78, 5) is 24.6. The van der Waals surface area contributed by atoms with Crippen molar-refractivity contribution >= 4 is 16.9 Å². The van der Waals surface area contributed by atoms with Crippen LogP contribution in [0.1, 0.15) is 39.2 Å². The minimum atomic E-state index is -4.60. The van der Waals surface area contributed by atoms with Gasteiger partial charge in [-0.1, -0.05) is 45.0 Å². The number of halogens is 3. The topological polar surface area (TPSA) is 65.7 Å². The fraction of sp³-hybridized carbons (Fsp3) is 0.407. The van der Waals surface area contributed by atoms with E-state index in [2.05, 4.69) is 0 Å². The zero-order valence-corrected chi connectivity index (χ0v) is 19.7. The average molecular weight is 489 g/mol. The molecule has 0 saturated heterocycles. The van der Waals surface area contributed by atoms with Crippen LogP contribution in [-0.4, -0.2) is 24.4 Å². The summed E-state index contributed by atoms with van der Waals surface area (Å²) in [7, 11) is 0. The Hall–Kier alpha value is -3.29. The summed E-state index contributed by atoms with van der Waals surface area (Å²) in [6.45, 7) is 5.14. The van der Waals surface area contributed by atoms with Gasteiger partial charge in [-0.15, -0.1) is 0 Å². The second kappa shape index (κ2) is 9.76. The Balaban J connectivity index is 1.61. The SMILES string of the molecule is CCc1ccccc1-c1cc2ccc(OC3CCC(OC(=O)C(C)C)C3C(F)(F)F)cc2oc1=O. The maximum atomic E-state index is 13.9. The summed E-state index contributed by atoms with van der Waals surface area (Å²) >= 11 is 0. The number of esters is 1. The van der Waals surface area contributed by atoms with Crippen molar-refractivity contribution in [1.29, 1.82) is 0 Å². The maximum Gasteiger partial charge on any atom is 0.398 e. The van der Waals surface area contributed by atoms with E-state index in [0.29, 0.717) is 10.9 Å². The number of rotatable bonds is 6. The van der Waals surface area contributed by atoms with Gasteiger partial charge < -0.3 is 13.9 Å². The minimum absolute atomic E-state index is 0.0518. The lowest BCUT2D eigenvalue weighted by Gasteiger charge is -2.27. The van der Waals surface area contributed by atoms with Crippen molar-refractivity contribution < 1.29 is 31.9 Å². The van der Waals surface area contributed by atoms with Crippen LogP contribution in [0.15, 0.2) is 57.7 Å². The Labute approximate surface area is 200 Å². The van der Waals surface area contributed by atoms with Gasteiger partial charge in [-0.25, -0.2) is 4.79 Å². The number of carbonyl (C=O) groups excluding carboxylic acids is 1. The standard InChI is InChI=1S/C27H27F3O5/c1-4-16-7-5-6-8-19(16)20-13-17-9-10-18(14-23(17)35-26(20)32)33-21-11-12-22(24(21)27(28,29)30)34-25(31)15(2)3/h5-10,13-15,21-22,24H,4,11-12H2,1-3H3. The number of alkyl halides is 3. The van der Waals surface area contributed by atoms with Crippen molar-refractivity contribution in [1.82, 2.24) is 0 Å². The number of fused-ring (bicyclic) bond motifs is 1. The van der Waals surface area contributed by atoms with Crippen molar-refractivity contribution in [2.24, 2.45) is 11.8 Å². The molecule has 2 aromatic carbocycles. The molecule has 0 N–H and O–H groups in total. The van der Waals surface area contributed by atoms with Gasteiger partial charge in [0.25, 0.3) is 0 Å². The number of hydrogen-bond donors (Lipinski definition) is 0. The van der Waals surface area contributed by atoms with Crippen LogP contribution in [0.4, 0.5) is 13.2 Å². The molecular formula is C27H27F3O5. The molecule has 3 aromatic rings. The van der Waals surface area contributed by atoms with E-state index in [4.69, 9.17) is 13.9 Å². The van der Waals surface area contributed by atoms with E-state index in [9.17, 15) is 22.8 Å². The summed E-state index contributed by atoms with van der Waals surface area (Å²) in [6, 6.07) is 13.9. The van der Waals surface area contributed by atoms with Crippen molar-refractivity contribution in [3.8, 4) is 16.9 Å². The normalized spacial score (nSPS) is 20.4. The van der Waals surface area contributed by atoms with E-state index in [1.807, 2.05) is 31.2 Å². The van der Waals surface area contributed by atoms with Crippen molar-refractivity contribution in [3.05, 3.63) is 64.5 Å². The minimum Gasteiger partial charge on any atom is -0.489 e. The van der Waals surface area contributed by atoms with Crippen LogP contribution in [0, 0.1) is 11.8 Å². The Morgan fingerprint density at radius 2 is 1.77 bits per heavy atom. The Morgan fingerprint density at radius 3 is 2.46 bits per heavy atom. The van der Waals surface area contributed by atoms with Crippen LogP contribution in [0.25, 0.3) is 22.1 Å². The highest BCUT2D eigenvalue weighted by Crippen LogP contribution is 2.43. The molecule has 0 radical (unpaired) electrons. The molecule has 3 atom stereocenters. The molecule has 35 heavy (non-hydrogen) atoms. The molecule has 0 bridgehead atoms. The van der Waals surface area contributed by atoms with Gasteiger partial charge in [0.15, 0.2) is 0 Å². The largest absolute Gasteiger partial charge is 0.489 e. The highest BCUT2D eigenvalue weighted by atomic mass is 19.4. The summed E-state index contributed by atoms with van der Waals surface area (Å²) < 4.78 is 57.9. The summed E-state index contributed by atoms with van der Waals surface area (Å²) in [5.41, 5.74) is 1.89. The number of benzene rings is 2. The van der Waals surface area contributed by atoms with E-state index < -0.39 is 41.8 Å². The summed E-state index contributed by atoms with van der Waals surface area (Å²) in [6.07, 6.45) is -6.25. The van der Waals surface area contributed by atoms with Crippen LogP contribution in [0.3, 0.4) is 0 Å². The fourth-order valence-corrected chi connectivity index (χ4v) is 4.52. The predicted octanol–water partition coefficient (Wildman–Crippen LogP) is 6.31. The van der Waals surface area contributed by atoms with E-state index in [1.54, 1.807) is 32.0 Å². The number of ether oxygens (including phenoxy) is 2. The summed E-state index contributed by atoms with van der Waals surface area (Å²) in [5, 5.41) is 0.625. The molecule has 4 rings (SSSR count). The predicted molar refractivity (Wildman–Crippen MR) is 125 cm³/mol. The van der Waals surface area contributed by atoms with Crippen molar-refractivity contribution in [2.45, 2.75) is 58.4 Å². The average Bonchev–Trinajstić information content (AvgIpc) is 3.20. The van der Waals surface area contributed by atoms with Gasteiger partial charge >= 0.3 is 17.8 Å². The number of carbonyl (C=O) groups is 1. The van der Waals surface area contributed by atoms with Gasteiger partial charge in [0.2, 0.25) is 0 Å². The third-order valence-electron chi connectivity index (χ3n) is 6.34. The van der Waals surface area contributed by atoms with Crippen LogP contribution >= 0.6 is 0 Å². The molecule has 0 spiro atoms. The second-order valence-electron chi connectivity index (χ2n) is 9.09. The van der Waals surface area contributed by atoms with Crippen LogP contribution in [0.2, 0.25) is 0 Å². The molecule has 5 nitrogen and oxygen atoms in total. The first-order valence-electron chi connectivity index (χ1n) is 11.7. The molecule has 186 valence electrons. The van der Waals surface area contributed by atoms with E-state index in [-0.39, 0.29) is 24.2 Å². The lowest BCUT2D eigenvalue weighted by atomic mass is 9.98.